The summed E-state index contributed by atoms with van der Waals surface area (Å²) < 4.78 is 11.4. The Morgan fingerprint density at radius 3 is 2.10 bits per heavy atom. The molecule has 0 saturated heterocycles. The van der Waals surface area contributed by atoms with Crippen molar-refractivity contribution < 1.29 is 14.3 Å². The number of hydrogen-bond donors (Lipinski definition) is 2. The van der Waals surface area contributed by atoms with Crippen LogP contribution in [0.5, 0.6) is 11.5 Å². The summed E-state index contributed by atoms with van der Waals surface area (Å²) in [4.78, 5) is 12.2. The molecular weight excluding hydrogens is 376 g/mol. The zero-order valence-electron chi connectivity index (χ0n) is 17.3. The van der Waals surface area contributed by atoms with Gasteiger partial charge in [0.1, 0.15) is 18.1 Å². The molecule has 0 aliphatic heterocycles. The average Bonchev–Trinajstić information content (AvgIpc) is 2.79. The van der Waals surface area contributed by atoms with E-state index >= 15 is 0 Å². The van der Waals surface area contributed by atoms with Gasteiger partial charge in [0, 0.05) is 11.4 Å². The van der Waals surface area contributed by atoms with Crippen LogP contribution < -0.4 is 20.1 Å². The lowest BCUT2D eigenvalue weighted by Gasteiger charge is -2.10. The molecule has 0 saturated carbocycles. The molecule has 3 rings (SSSR count). The van der Waals surface area contributed by atoms with E-state index in [4.69, 9.17) is 9.47 Å². The molecule has 1 amide bonds. The van der Waals surface area contributed by atoms with E-state index in [1.165, 1.54) is 0 Å². The Kier molecular flexibility index (Phi) is 8.15. The van der Waals surface area contributed by atoms with E-state index in [0.717, 1.165) is 47.9 Å². The molecule has 30 heavy (non-hydrogen) atoms. The first-order valence-corrected chi connectivity index (χ1v) is 10.3. The minimum Gasteiger partial charge on any atom is -0.494 e. The van der Waals surface area contributed by atoms with Crippen LogP contribution in [0.2, 0.25) is 0 Å². The van der Waals surface area contributed by atoms with Crippen molar-refractivity contribution in [3.05, 3.63) is 84.4 Å². The molecular formula is C25H28N2O3. The fraction of sp³-hybridized carbons (Fsp3) is 0.240. The van der Waals surface area contributed by atoms with Gasteiger partial charge < -0.3 is 20.1 Å². The second-order valence-electron chi connectivity index (χ2n) is 6.93. The maximum atomic E-state index is 12.2. The summed E-state index contributed by atoms with van der Waals surface area (Å²) in [7, 11) is 0. The van der Waals surface area contributed by atoms with Crippen molar-refractivity contribution in [2.45, 2.75) is 26.4 Å². The van der Waals surface area contributed by atoms with Gasteiger partial charge in [0.2, 0.25) is 5.91 Å². The Bertz CT molecular complexity index is 894. The van der Waals surface area contributed by atoms with Crippen molar-refractivity contribution in [2.24, 2.45) is 0 Å². The molecule has 0 radical (unpaired) electrons. The minimum atomic E-state index is -0.115. The van der Waals surface area contributed by atoms with Crippen LogP contribution >= 0.6 is 0 Å². The van der Waals surface area contributed by atoms with E-state index in [1.54, 1.807) is 0 Å². The number of amides is 1. The van der Waals surface area contributed by atoms with Crippen molar-refractivity contribution in [3.63, 3.8) is 0 Å². The van der Waals surface area contributed by atoms with Crippen molar-refractivity contribution >= 4 is 17.3 Å². The Labute approximate surface area is 178 Å². The number of nitrogens with one attached hydrogen (secondary N) is 2. The molecule has 0 spiro atoms. The largest absolute Gasteiger partial charge is 0.494 e. The molecule has 0 aliphatic carbocycles. The zero-order valence-corrected chi connectivity index (χ0v) is 17.3. The maximum absolute atomic E-state index is 12.2. The number of rotatable bonds is 11. The van der Waals surface area contributed by atoms with Gasteiger partial charge in [-0.05, 0) is 60.5 Å². The van der Waals surface area contributed by atoms with Gasteiger partial charge in [0.25, 0.3) is 0 Å². The first kappa shape index (κ1) is 21.2. The molecule has 0 unspecified atom stereocenters. The maximum Gasteiger partial charge on any atom is 0.243 e. The second kappa shape index (κ2) is 11.5. The van der Waals surface area contributed by atoms with E-state index in [0.29, 0.717) is 6.61 Å². The quantitative estimate of drug-likeness (QED) is 0.415. The molecule has 0 bridgehead atoms. The first-order chi connectivity index (χ1) is 14.7. The van der Waals surface area contributed by atoms with Gasteiger partial charge in [-0.15, -0.1) is 0 Å². The van der Waals surface area contributed by atoms with Gasteiger partial charge in [-0.3, -0.25) is 4.79 Å². The highest BCUT2D eigenvalue weighted by Crippen LogP contribution is 2.18. The SMILES string of the molecule is CCCCOc1ccc(NCC(=O)Nc2ccc(OCc3ccccc3)cc2)cc1. The molecule has 0 atom stereocenters. The van der Waals surface area contributed by atoms with E-state index < -0.39 is 0 Å². The summed E-state index contributed by atoms with van der Waals surface area (Å²) in [6.07, 6.45) is 2.15. The van der Waals surface area contributed by atoms with Gasteiger partial charge in [-0.25, -0.2) is 0 Å². The molecule has 5 nitrogen and oxygen atoms in total. The van der Waals surface area contributed by atoms with Crippen molar-refractivity contribution in [1.29, 1.82) is 0 Å². The Hall–Kier alpha value is -3.47. The molecule has 0 aliphatic rings. The lowest BCUT2D eigenvalue weighted by molar-refractivity contribution is -0.114. The van der Waals surface area contributed by atoms with E-state index in [1.807, 2.05) is 78.9 Å². The van der Waals surface area contributed by atoms with Crippen LogP contribution in [0.1, 0.15) is 25.3 Å². The van der Waals surface area contributed by atoms with Crippen LogP contribution in [0.25, 0.3) is 0 Å². The number of benzene rings is 3. The molecule has 3 aromatic rings. The van der Waals surface area contributed by atoms with Gasteiger partial charge in [0.15, 0.2) is 0 Å². The van der Waals surface area contributed by atoms with Crippen molar-refractivity contribution in [2.75, 3.05) is 23.8 Å². The topological polar surface area (TPSA) is 59.6 Å². The van der Waals surface area contributed by atoms with Gasteiger partial charge in [0.05, 0.1) is 13.2 Å². The summed E-state index contributed by atoms with van der Waals surface area (Å²) >= 11 is 0. The number of carbonyl (C=O) groups is 1. The third kappa shape index (κ3) is 7.17. The van der Waals surface area contributed by atoms with E-state index in [-0.39, 0.29) is 12.5 Å². The molecule has 156 valence electrons. The van der Waals surface area contributed by atoms with Crippen molar-refractivity contribution in [3.8, 4) is 11.5 Å². The van der Waals surface area contributed by atoms with Crippen LogP contribution in [0, 0.1) is 0 Å². The summed E-state index contributed by atoms with van der Waals surface area (Å²) in [6.45, 7) is 3.55. The van der Waals surface area contributed by atoms with Gasteiger partial charge >= 0.3 is 0 Å². The Morgan fingerprint density at radius 2 is 1.43 bits per heavy atom. The predicted octanol–water partition coefficient (Wildman–Crippen LogP) is 5.50. The van der Waals surface area contributed by atoms with Crippen LogP contribution in [0.3, 0.4) is 0 Å². The smallest absolute Gasteiger partial charge is 0.243 e. The highest BCUT2D eigenvalue weighted by molar-refractivity contribution is 5.93. The molecule has 3 aromatic carbocycles. The minimum absolute atomic E-state index is 0.115. The van der Waals surface area contributed by atoms with Gasteiger partial charge in [-0.2, -0.15) is 0 Å². The zero-order chi connectivity index (χ0) is 21.0. The van der Waals surface area contributed by atoms with E-state index in [2.05, 4.69) is 17.6 Å². The average molecular weight is 405 g/mol. The van der Waals surface area contributed by atoms with Crippen LogP contribution in [-0.4, -0.2) is 19.1 Å². The summed E-state index contributed by atoms with van der Waals surface area (Å²) in [5.74, 6) is 1.49. The number of anilines is 2. The predicted molar refractivity (Wildman–Crippen MR) is 121 cm³/mol. The standard InChI is InChI=1S/C25H28N2O3/c1-2-3-17-29-23-13-9-21(10-14-23)26-18-25(28)27-22-11-15-24(16-12-22)30-19-20-7-5-4-6-8-20/h4-16,26H,2-3,17-19H2,1H3,(H,27,28). The van der Waals surface area contributed by atoms with Gasteiger partial charge in [-0.1, -0.05) is 43.7 Å². The van der Waals surface area contributed by atoms with E-state index in [9.17, 15) is 4.79 Å². The Balaban J connectivity index is 1.40. The molecule has 5 heteroatoms. The normalized spacial score (nSPS) is 10.3. The number of ether oxygens (including phenoxy) is 2. The molecule has 0 aromatic heterocycles. The fourth-order valence-electron chi connectivity index (χ4n) is 2.77. The third-order valence-electron chi connectivity index (χ3n) is 4.46. The summed E-state index contributed by atoms with van der Waals surface area (Å²) in [6, 6.07) is 25.0. The van der Waals surface area contributed by atoms with Crippen molar-refractivity contribution in [1.82, 2.24) is 0 Å². The van der Waals surface area contributed by atoms with Crippen LogP contribution in [0.15, 0.2) is 78.9 Å². The lowest BCUT2D eigenvalue weighted by atomic mass is 10.2. The Morgan fingerprint density at radius 1 is 0.800 bits per heavy atom. The first-order valence-electron chi connectivity index (χ1n) is 10.3. The third-order valence-corrected chi connectivity index (χ3v) is 4.46. The lowest BCUT2D eigenvalue weighted by Crippen LogP contribution is -2.21. The summed E-state index contributed by atoms with van der Waals surface area (Å²) in [5, 5.41) is 5.99. The highest BCUT2D eigenvalue weighted by Gasteiger charge is 2.04. The van der Waals surface area contributed by atoms with Crippen LogP contribution in [-0.2, 0) is 11.4 Å². The number of unbranched alkanes of at least 4 members (excludes halogenated alkanes) is 1. The number of carbonyl (C=O) groups excluding carboxylic acids is 1. The second-order valence-corrected chi connectivity index (χ2v) is 6.93. The highest BCUT2D eigenvalue weighted by atomic mass is 16.5. The molecule has 0 heterocycles. The monoisotopic (exact) mass is 404 g/mol. The fourth-order valence-corrected chi connectivity index (χ4v) is 2.77. The molecule has 0 fully saturated rings. The summed E-state index contributed by atoms with van der Waals surface area (Å²) in [5.41, 5.74) is 2.72. The van der Waals surface area contributed by atoms with Crippen LogP contribution in [0.4, 0.5) is 11.4 Å². The molecule has 2 N–H and O–H groups in total. The number of hydrogen-bond acceptors (Lipinski definition) is 4.